The van der Waals surface area contributed by atoms with Crippen molar-refractivity contribution in [1.82, 2.24) is 5.32 Å². The number of ether oxygens (including phenoxy) is 1. The summed E-state index contributed by atoms with van der Waals surface area (Å²) in [5, 5.41) is 3.33. The van der Waals surface area contributed by atoms with Gasteiger partial charge in [-0.15, -0.1) is 0 Å². The van der Waals surface area contributed by atoms with Crippen molar-refractivity contribution >= 4 is 5.97 Å². The molecule has 2 atom stereocenters. The molecule has 15 heavy (non-hydrogen) atoms. The number of hydrogen-bond donors (Lipinski definition) is 2. The Bertz CT molecular complexity index is 215. The molecule has 0 bridgehead atoms. The smallest absolute Gasteiger partial charge is 0.323 e. The molecule has 0 aromatic heterocycles. The summed E-state index contributed by atoms with van der Waals surface area (Å²) >= 11 is 0. The fourth-order valence-electron chi connectivity index (χ4n) is 1.88. The van der Waals surface area contributed by atoms with Crippen LogP contribution in [0.1, 0.15) is 33.1 Å². The fourth-order valence-corrected chi connectivity index (χ4v) is 1.88. The first kappa shape index (κ1) is 12.5. The molecule has 0 aliphatic heterocycles. The highest BCUT2D eigenvalue weighted by atomic mass is 16.5. The second-order valence-electron chi connectivity index (χ2n) is 4.48. The van der Waals surface area contributed by atoms with Crippen LogP contribution in [0.2, 0.25) is 0 Å². The minimum Gasteiger partial charge on any atom is -0.468 e. The predicted molar refractivity (Wildman–Crippen MR) is 59.4 cm³/mol. The molecule has 4 heteroatoms. The molecule has 1 aliphatic rings. The second-order valence-corrected chi connectivity index (χ2v) is 4.48. The lowest BCUT2D eigenvalue weighted by Gasteiger charge is -2.36. The molecule has 1 aliphatic carbocycles. The predicted octanol–water partition coefficient (Wildman–Crippen LogP) is 0.653. The molecule has 88 valence electrons. The van der Waals surface area contributed by atoms with Gasteiger partial charge in [-0.05, 0) is 18.8 Å². The Balaban J connectivity index is 2.45. The summed E-state index contributed by atoms with van der Waals surface area (Å²) in [6.07, 6.45) is 2.89. The van der Waals surface area contributed by atoms with Crippen molar-refractivity contribution in [2.24, 2.45) is 11.7 Å². The minimum atomic E-state index is -0.183. The lowest BCUT2D eigenvalue weighted by molar-refractivity contribution is -0.145. The van der Waals surface area contributed by atoms with Gasteiger partial charge in [-0.25, -0.2) is 0 Å². The Morgan fingerprint density at radius 2 is 2.20 bits per heavy atom. The van der Waals surface area contributed by atoms with Crippen molar-refractivity contribution in [2.75, 3.05) is 7.11 Å². The Morgan fingerprint density at radius 3 is 2.60 bits per heavy atom. The zero-order chi connectivity index (χ0) is 11.4. The number of nitrogens with two attached hydrogens (primary N) is 1. The van der Waals surface area contributed by atoms with E-state index in [0.717, 1.165) is 19.3 Å². The quantitative estimate of drug-likeness (QED) is 0.660. The average Bonchev–Trinajstić information content (AvgIpc) is 2.20. The summed E-state index contributed by atoms with van der Waals surface area (Å²) in [7, 11) is 1.44. The fraction of sp³-hybridized carbons (Fsp3) is 0.909. The number of carbonyl (C=O) groups is 1. The number of esters is 1. The number of methoxy groups -OCH3 is 1. The molecule has 0 aromatic rings. The van der Waals surface area contributed by atoms with Crippen LogP contribution in [0.25, 0.3) is 0 Å². The van der Waals surface area contributed by atoms with Crippen molar-refractivity contribution in [2.45, 2.75) is 51.2 Å². The highest BCUT2D eigenvalue weighted by molar-refractivity contribution is 5.76. The van der Waals surface area contributed by atoms with Gasteiger partial charge in [-0.3, -0.25) is 4.79 Å². The van der Waals surface area contributed by atoms with Crippen LogP contribution in [0.4, 0.5) is 0 Å². The Hall–Kier alpha value is -0.610. The summed E-state index contributed by atoms with van der Waals surface area (Å²) in [6.45, 7) is 4.14. The first-order valence-electron chi connectivity index (χ1n) is 5.67. The molecule has 0 spiro atoms. The van der Waals surface area contributed by atoms with Crippen LogP contribution in [0, 0.1) is 5.92 Å². The zero-order valence-electron chi connectivity index (χ0n) is 9.82. The Kier molecular flexibility index (Phi) is 4.54. The molecule has 0 aromatic carbocycles. The molecule has 0 radical (unpaired) electrons. The molecule has 0 heterocycles. The monoisotopic (exact) mass is 214 g/mol. The van der Waals surface area contributed by atoms with Crippen molar-refractivity contribution in [3.05, 3.63) is 0 Å². The van der Waals surface area contributed by atoms with Gasteiger partial charge in [0.1, 0.15) is 6.04 Å². The van der Waals surface area contributed by atoms with E-state index in [-0.39, 0.29) is 12.0 Å². The normalized spacial score (nSPS) is 29.1. The van der Waals surface area contributed by atoms with E-state index < -0.39 is 0 Å². The summed E-state index contributed by atoms with van der Waals surface area (Å²) < 4.78 is 4.80. The maximum Gasteiger partial charge on any atom is 0.323 e. The molecule has 2 unspecified atom stereocenters. The lowest BCUT2D eigenvalue weighted by Crippen LogP contribution is -2.55. The van der Waals surface area contributed by atoms with Crippen molar-refractivity contribution in [1.29, 1.82) is 0 Å². The molecule has 1 saturated carbocycles. The average molecular weight is 214 g/mol. The molecule has 0 amide bonds. The molecular formula is C11H22N2O2. The van der Waals surface area contributed by atoms with E-state index in [2.05, 4.69) is 19.2 Å². The number of nitrogens with one attached hydrogen (secondary N) is 1. The second kappa shape index (κ2) is 5.47. The molecule has 4 nitrogen and oxygen atoms in total. The number of rotatable bonds is 5. The van der Waals surface area contributed by atoms with Gasteiger partial charge in [0, 0.05) is 12.1 Å². The van der Waals surface area contributed by atoms with Gasteiger partial charge < -0.3 is 15.8 Å². The van der Waals surface area contributed by atoms with E-state index in [1.165, 1.54) is 7.11 Å². The van der Waals surface area contributed by atoms with Gasteiger partial charge in [-0.2, -0.15) is 0 Å². The van der Waals surface area contributed by atoms with Gasteiger partial charge >= 0.3 is 5.97 Å². The largest absolute Gasteiger partial charge is 0.468 e. The third-order valence-electron chi connectivity index (χ3n) is 3.26. The highest BCUT2D eigenvalue weighted by Crippen LogP contribution is 2.20. The van der Waals surface area contributed by atoms with Crippen molar-refractivity contribution in [3.8, 4) is 0 Å². The summed E-state index contributed by atoms with van der Waals surface area (Å²) in [5.74, 6) is 0.138. The SMILES string of the molecule is CCC(C)C(NC1CC(N)C1)C(=O)OC. The van der Waals surface area contributed by atoms with Crippen molar-refractivity contribution < 1.29 is 9.53 Å². The standard InChI is InChI=1S/C11H22N2O2/c1-4-7(2)10(11(14)15-3)13-9-5-8(12)6-9/h7-10,13H,4-6,12H2,1-3H3. The Labute approximate surface area is 91.5 Å². The third-order valence-corrected chi connectivity index (χ3v) is 3.26. The topological polar surface area (TPSA) is 64.3 Å². The van der Waals surface area contributed by atoms with Gasteiger partial charge in [0.2, 0.25) is 0 Å². The van der Waals surface area contributed by atoms with E-state index in [1.54, 1.807) is 0 Å². The van der Waals surface area contributed by atoms with E-state index >= 15 is 0 Å². The molecule has 3 N–H and O–H groups in total. The van der Waals surface area contributed by atoms with E-state index in [4.69, 9.17) is 10.5 Å². The minimum absolute atomic E-state index is 0.162. The van der Waals surface area contributed by atoms with Gasteiger partial charge in [0.25, 0.3) is 0 Å². The van der Waals surface area contributed by atoms with Crippen LogP contribution in [0.5, 0.6) is 0 Å². The summed E-state index contributed by atoms with van der Waals surface area (Å²) in [5.41, 5.74) is 5.71. The molecule has 1 fully saturated rings. The third kappa shape index (κ3) is 3.18. The van der Waals surface area contributed by atoms with Crippen LogP contribution >= 0.6 is 0 Å². The van der Waals surface area contributed by atoms with E-state index in [1.807, 2.05) is 0 Å². The van der Waals surface area contributed by atoms with Gasteiger partial charge in [-0.1, -0.05) is 20.3 Å². The van der Waals surface area contributed by atoms with Crippen molar-refractivity contribution in [3.63, 3.8) is 0 Å². The van der Waals surface area contributed by atoms with Crippen LogP contribution in [-0.4, -0.2) is 31.2 Å². The van der Waals surface area contributed by atoms with E-state index in [9.17, 15) is 4.79 Å². The van der Waals surface area contributed by atoms with Crippen LogP contribution in [0.15, 0.2) is 0 Å². The number of hydrogen-bond acceptors (Lipinski definition) is 4. The Morgan fingerprint density at radius 1 is 1.60 bits per heavy atom. The maximum absolute atomic E-state index is 11.6. The van der Waals surface area contributed by atoms with Crippen LogP contribution in [0.3, 0.4) is 0 Å². The van der Waals surface area contributed by atoms with Crippen LogP contribution in [-0.2, 0) is 9.53 Å². The number of carbonyl (C=O) groups excluding carboxylic acids is 1. The first-order valence-corrected chi connectivity index (χ1v) is 5.67. The van der Waals surface area contributed by atoms with Gasteiger partial charge in [0.05, 0.1) is 7.11 Å². The molecule has 0 saturated heterocycles. The van der Waals surface area contributed by atoms with E-state index in [0.29, 0.717) is 18.0 Å². The lowest BCUT2D eigenvalue weighted by atomic mass is 9.86. The summed E-state index contributed by atoms with van der Waals surface area (Å²) in [4.78, 5) is 11.6. The van der Waals surface area contributed by atoms with Crippen LogP contribution < -0.4 is 11.1 Å². The molecule has 1 rings (SSSR count). The maximum atomic E-state index is 11.6. The van der Waals surface area contributed by atoms with Gasteiger partial charge in [0.15, 0.2) is 0 Å². The first-order chi connectivity index (χ1) is 7.08. The summed E-state index contributed by atoms with van der Waals surface area (Å²) in [6, 6.07) is 0.508. The molecular weight excluding hydrogens is 192 g/mol. The highest BCUT2D eigenvalue weighted by Gasteiger charge is 2.32. The zero-order valence-corrected chi connectivity index (χ0v) is 9.82.